The number of aryl methyl sites for hydroxylation is 1. The molecule has 2 aromatic heterocycles. The van der Waals surface area contributed by atoms with E-state index in [9.17, 15) is 4.79 Å². The van der Waals surface area contributed by atoms with Gasteiger partial charge in [0.05, 0.1) is 18.2 Å². The summed E-state index contributed by atoms with van der Waals surface area (Å²) in [6.07, 6.45) is 3.43. The molecular formula is C27H31N5O4. The van der Waals surface area contributed by atoms with E-state index in [4.69, 9.17) is 13.9 Å². The maximum atomic E-state index is 12.0. The fourth-order valence-corrected chi connectivity index (χ4v) is 4.56. The van der Waals surface area contributed by atoms with Crippen LogP contribution in [0.1, 0.15) is 19.8 Å². The van der Waals surface area contributed by atoms with Crippen molar-refractivity contribution >= 4 is 28.8 Å². The fraction of sp³-hybridized carbons (Fsp3) is 0.370. The van der Waals surface area contributed by atoms with Gasteiger partial charge in [-0.2, -0.15) is 10.1 Å². The normalized spacial score (nSPS) is 14.7. The Kier molecular flexibility index (Phi) is 7.18. The van der Waals surface area contributed by atoms with Crippen LogP contribution in [0.5, 0.6) is 5.75 Å². The summed E-state index contributed by atoms with van der Waals surface area (Å²) in [5, 5.41) is 7.59. The van der Waals surface area contributed by atoms with Crippen LogP contribution < -0.4 is 10.1 Å². The molecule has 0 spiro atoms. The molecule has 5 rings (SSSR count). The number of hydrogen-bond donors (Lipinski definition) is 1. The largest absolute Gasteiger partial charge is 0.492 e. The number of piperidine rings is 1. The van der Waals surface area contributed by atoms with E-state index in [0.717, 1.165) is 66.3 Å². The lowest BCUT2D eigenvalue weighted by Gasteiger charge is -2.30. The highest BCUT2D eigenvalue weighted by Gasteiger charge is 2.25. The van der Waals surface area contributed by atoms with Crippen molar-refractivity contribution in [3.05, 3.63) is 54.7 Å². The Labute approximate surface area is 210 Å². The fourth-order valence-electron chi connectivity index (χ4n) is 4.56. The molecule has 1 aliphatic heterocycles. The molecule has 1 N–H and O–H groups in total. The molecule has 2 aromatic carbocycles. The van der Waals surface area contributed by atoms with Crippen LogP contribution in [0, 0.1) is 5.92 Å². The van der Waals surface area contributed by atoms with Gasteiger partial charge in [-0.1, -0.05) is 12.1 Å². The quantitative estimate of drug-likeness (QED) is 0.340. The first kappa shape index (κ1) is 23.9. The molecule has 0 aliphatic carbocycles. The zero-order valence-corrected chi connectivity index (χ0v) is 20.6. The molecule has 0 saturated carbocycles. The molecule has 9 heteroatoms. The van der Waals surface area contributed by atoms with E-state index < -0.39 is 0 Å². The summed E-state index contributed by atoms with van der Waals surface area (Å²) in [6, 6.07) is 16.0. The highest BCUT2D eigenvalue weighted by molar-refractivity contribution is 5.77. The number of rotatable bonds is 9. The van der Waals surface area contributed by atoms with Crippen LogP contribution in [-0.2, 0) is 16.6 Å². The molecular weight excluding hydrogens is 458 g/mol. The van der Waals surface area contributed by atoms with Crippen molar-refractivity contribution in [2.45, 2.75) is 19.8 Å². The lowest BCUT2D eigenvalue weighted by Crippen LogP contribution is -2.39. The van der Waals surface area contributed by atoms with E-state index >= 15 is 0 Å². The second-order valence-corrected chi connectivity index (χ2v) is 8.88. The van der Waals surface area contributed by atoms with Gasteiger partial charge in [-0.3, -0.25) is 14.4 Å². The van der Waals surface area contributed by atoms with Crippen molar-refractivity contribution in [3.8, 4) is 17.0 Å². The number of carbonyl (C=O) groups excluding carboxylic acids is 1. The number of para-hydroxylation sites is 2. The van der Waals surface area contributed by atoms with E-state index in [2.05, 4.69) is 20.3 Å². The number of nitrogens with one attached hydrogen (secondary N) is 1. The number of benzene rings is 2. The van der Waals surface area contributed by atoms with E-state index in [1.807, 2.05) is 67.2 Å². The van der Waals surface area contributed by atoms with E-state index in [1.54, 1.807) is 6.20 Å². The van der Waals surface area contributed by atoms with E-state index in [0.29, 0.717) is 19.2 Å². The Morgan fingerprint density at radius 3 is 2.75 bits per heavy atom. The van der Waals surface area contributed by atoms with Crippen molar-refractivity contribution in [1.29, 1.82) is 0 Å². The molecule has 9 nitrogen and oxygen atoms in total. The van der Waals surface area contributed by atoms with Crippen LogP contribution in [-0.4, -0.2) is 58.5 Å². The molecule has 0 bridgehead atoms. The number of carbonyl (C=O) groups is 1. The number of fused-ring (bicyclic) bond motifs is 1. The molecule has 1 saturated heterocycles. The van der Waals surface area contributed by atoms with Crippen molar-refractivity contribution in [1.82, 2.24) is 19.7 Å². The SMILES string of the molecule is CCOC(=O)C1CCN(CCOc2ccc(Nc3nc4ccccc4o3)cc2-c2ccnn2C)CC1. The monoisotopic (exact) mass is 489 g/mol. The molecule has 1 fully saturated rings. The average Bonchev–Trinajstić information content (AvgIpc) is 3.50. The topological polar surface area (TPSA) is 94.7 Å². The summed E-state index contributed by atoms with van der Waals surface area (Å²) >= 11 is 0. The third-order valence-electron chi connectivity index (χ3n) is 6.49. The molecule has 1 aliphatic rings. The molecule has 0 radical (unpaired) electrons. The minimum atomic E-state index is -0.0687. The number of ether oxygens (including phenoxy) is 2. The Bertz CT molecular complexity index is 1290. The minimum Gasteiger partial charge on any atom is -0.492 e. The summed E-state index contributed by atoms with van der Waals surface area (Å²) in [7, 11) is 1.91. The summed E-state index contributed by atoms with van der Waals surface area (Å²) in [4.78, 5) is 18.8. The Hall–Kier alpha value is -3.85. The number of aromatic nitrogens is 3. The second kappa shape index (κ2) is 10.8. The van der Waals surface area contributed by atoms with E-state index in [1.165, 1.54) is 0 Å². The Morgan fingerprint density at radius 2 is 2.00 bits per heavy atom. The second-order valence-electron chi connectivity index (χ2n) is 8.88. The summed E-state index contributed by atoms with van der Waals surface area (Å²) in [6.45, 7) is 5.37. The number of likely N-dealkylation sites (tertiary alicyclic amines) is 1. The van der Waals surface area contributed by atoms with Crippen LogP contribution in [0.3, 0.4) is 0 Å². The van der Waals surface area contributed by atoms with Gasteiger partial charge in [0, 0.05) is 31.0 Å². The maximum Gasteiger partial charge on any atom is 0.309 e. The molecule has 3 heterocycles. The Morgan fingerprint density at radius 1 is 1.17 bits per heavy atom. The van der Waals surface area contributed by atoms with Crippen molar-refractivity contribution in [2.24, 2.45) is 13.0 Å². The smallest absolute Gasteiger partial charge is 0.309 e. The molecule has 0 amide bonds. The van der Waals surface area contributed by atoms with Crippen LogP contribution in [0.15, 0.2) is 59.1 Å². The number of esters is 1. The van der Waals surface area contributed by atoms with Gasteiger partial charge >= 0.3 is 5.97 Å². The van der Waals surface area contributed by atoms with Gasteiger partial charge in [0.25, 0.3) is 6.01 Å². The molecule has 4 aromatic rings. The lowest BCUT2D eigenvalue weighted by atomic mass is 9.97. The highest BCUT2D eigenvalue weighted by atomic mass is 16.5. The zero-order valence-electron chi connectivity index (χ0n) is 20.6. The summed E-state index contributed by atoms with van der Waals surface area (Å²) < 4.78 is 19.1. The van der Waals surface area contributed by atoms with Crippen LogP contribution in [0.25, 0.3) is 22.4 Å². The standard InChI is InChI=1S/C27H31N5O4/c1-3-34-26(33)19-11-14-32(15-12-19)16-17-35-24-9-8-20(18-21(24)23-10-13-28-31(23)2)29-27-30-22-6-4-5-7-25(22)36-27/h4-10,13,18-19H,3,11-12,14-17H2,1-2H3,(H,29,30). The maximum absolute atomic E-state index is 12.0. The number of oxazole rings is 1. The van der Waals surface area contributed by atoms with Gasteiger partial charge in [-0.05, 0) is 69.3 Å². The zero-order chi connectivity index (χ0) is 24.9. The first-order valence-corrected chi connectivity index (χ1v) is 12.4. The minimum absolute atomic E-state index is 0.0138. The summed E-state index contributed by atoms with van der Waals surface area (Å²) in [5.41, 5.74) is 4.25. The van der Waals surface area contributed by atoms with Gasteiger partial charge in [0.1, 0.15) is 17.9 Å². The Balaban J connectivity index is 1.25. The van der Waals surface area contributed by atoms with Gasteiger partial charge in [-0.15, -0.1) is 0 Å². The van der Waals surface area contributed by atoms with Gasteiger partial charge < -0.3 is 19.2 Å². The highest BCUT2D eigenvalue weighted by Crippen LogP contribution is 2.34. The van der Waals surface area contributed by atoms with Gasteiger partial charge in [0.2, 0.25) is 0 Å². The molecule has 36 heavy (non-hydrogen) atoms. The third kappa shape index (κ3) is 5.36. The van der Waals surface area contributed by atoms with Gasteiger partial charge in [-0.25, -0.2) is 0 Å². The average molecular weight is 490 g/mol. The van der Waals surface area contributed by atoms with E-state index in [-0.39, 0.29) is 11.9 Å². The van der Waals surface area contributed by atoms with Crippen molar-refractivity contribution in [3.63, 3.8) is 0 Å². The summed E-state index contributed by atoms with van der Waals surface area (Å²) in [5.74, 6) is 0.726. The first-order chi connectivity index (χ1) is 17.6. The van der Waals surface area contributed by atoms with Crippen molar-refractivity contribution < 1.29 is 18.7 Å². The predicted molar refractivity (Wildman–Crippen MR) is 137 cm³/mol. The number of anilines is 2. The van der Waals surface area contributed by atoms with Gasteiger partial charge in [0.15, 0.2) is 5.58 Å². The number of hydrogen-bond acceptors (Lipinski definition) is 8. The molecule has 0 unspecified atom stereocenters. The number of nitrogens with zero attached hydrogens (tertiary/aromatic N) is 4. The van der Waals surface area contributed by atoms with Crippen LogP contribution in [0.4, 0.5) is 11.7 Å². The molecule has 188 valence electrons. The third-order valence-corrected chi connectivity index (χ3v) is 6.49. The molecule has 0 atom stereocenters. The first-order valence-electron chi connectivity index (χ1n) is 12.4. The predicted octanol–water partition coefficient (Wildman–Crippen LogP) is 4.63. The van der Waals surface area contributed by atoms with Crippen LogP contribution in [0.2, 0.25) is 0 Å². The van der Waals surface area contributed by atoms with Crippen molar-refractivity contribution in [2.75, 3.05) is 38.2 Å². The van der Waals surface area contributed by atoms with Crippen LogP contribution >= 0.6 is 0 Å². The lowest BCUT2D eigenvalue weighted by molar-refractivity contribution is -0.149.